The van der Waals surface area contributed by atoms with E-state index in [1.54, 1.807) is 30.3 Å². The fraction of sp³-hybridized carbons (Fsp3) is 0.238. The molecule has 0 fully saturated rings. The number of anilines is 1. The van der Waals surface area contributed by atoms with Crippen LogP contribution in [-0.4, -0.2) is 32.3 Å². The van der Waals surface area contributed by atoms with Gasteiger partial charge >= 0.3 is 0 Å². The van der Waals surface area contributed by atoms with Crippen molar-refractivity contribution in [2.24, 2.45) is 0 Å². The van der Waals surface area contributed by atoms with Crippen molar-refractivity contribution in [3.63, 3.8) is 0 Å². The van der Waals surface area contributed by atoms with Crippen LogP contribution in [0.2, 0.25) is 5.02 Å². The Balaban J connectivity index is 1.62. The van der Waals surface area contributed by atoms with Crippen molar-refractivity contribution in [3.05, 3.63) is 70.8 Å². The number of amides is 2. The summed E-state index contributed by atoms with van der Waals surface area (Å²) in [5.41, 5.74) is 0.879. The van der Waals surface area contributed by atoms with E-state index in [9.17, 15) is 14.0 Å². The third-order valence-electron chi connectivity index (χ3n) is 4.34. The van der Waals surface area contributed by atoms with Gasteiger partial charge in [0.05, 0.1) is 11.8 Å². The number of hydrogen-bond acceptors (Lipinski definition) is 5. The largest absolute Gasteiger partial charge is 0.342 e. The van der Waals surface area contributed by atoms with Crippen LogP contribution < -0.4 is 10.6 Å². The van der Waals surface area contributed by atoms with Gasteiger partial charge in [-0.25, -0.2) is 4.39 Å². The molecule has 0 saturated carbocycles. The average molecular weight is 462 g/mol. The molecule has 0 aliphatic rings. The molecule has 0 saturated heterocycles. The molecule has 7 nitrogen and oxygen atoms in total. The number of aromatic nitrogens is 3. The topological polar surface area (TPSA) is 88.9 Å². The zero-order chi connectivity index (χ0) is 22.4. The van der Waals surface area contributed by atoms with Crippen LogP contribution in [0.15, 0.2) is 53.7 Å². The zero-order valence-electron chi connectivity index (χ0n) is 16.9. The quantitative estimate of drug-likeness (QED) is 0.488. The molecular formula is C21H21ClFN5O2S. The lowest BCUT2D eigenvalue weighted by Gasteiger charge is -2.15. The smallest absolute Gasteiger partial charge is 0.251 e. The lowest BCUT2D eigenvalue weighted by Crippen LogP contribution is -2.28. The first-order valence-corrected chi connectivity index (χ1v) is 10.9. The molecule has 2 amide bonds. The van der Waals surface area contributed by atoms with Gasteiger partial charge in [-0.15, -0.1) is 10.2 Å². The number of nitrogens with one attached hydrogen (secondary N) is 2. The molecule has 0 radical (unpaired) electrons. The van der Waals surface area contributed by atoms with Gasteiger partial charge in [0.2, 0.25) is 5.91 Å². The minimum Gasteiger partial charge on any atom is -0.342 e. The molecule has 1 aromatic heterocycles. The van der Waals surface area contributed by atoms with E-state index in [1.165, 1.54) is 30.0 Å². The third kappa shape index (κ3) is 6.05. The van der Waals surface area contributed by atoms with Crippen molar-refractivity contribution < 1.29 is 14.0 Å². The van der Waals surface area contributed by atoms with Gasteiger partial charge in [0.25, 0.3) is 5.91 Å². The van der Waals surface area contributed by atoms with Gasteiger partial charge in [-0.1, -0.05) is 29.4 Å². The number of nitrogens with zero attached hydrogens (tertiary/aromatic N) is 3. The van der Waals surface area contributed by atoms with Crippen LogP contribution in [-0.2, 0) is 11.3 Å². The number of rotatable bonds is 8. The number of carbonyl (C=O) groups is 2. The SMILES string of the molecule is CCn1c(SCC(=O)Nc2cccc(F)c2)nnc1C(C)NC(=O)c1ccc(Cl)cc1. The van der Waals surface area contributed by atoms with Crippen LogP contribution in [0.4, 0.5) is 10.1 Å². The van der Waals surface area contributed by atoms with Crippen molar-refractivity contribution in [1.29, 1.82) is 0 Å². The third-order valence-corrected chi connectivity index (χ3v) is 5.56. The van der Waals surface area contributed by atoms with E-state index in [4.69, 9.17) is 11.6 Å². The summed E-state index contributed by atoms with van der Waals surface area (Å²) in [6.45, 7) is 4.31. The second-order valence-corrected chi connectivity index (χ2v) is 8.01. The minimum absolute atomic E-state index is 0.0835. The molecule has 0 aliphatic carbocycles. The summed E-state index contributed by atoms with van der Waals surface area (Å²) in [5, 5.41) is 15.0. The van der Waals surface area contributed by atoms with Gasteiger partial charge in [0.15, 0.2) is 11.0 Å². The Morgan fingerprint density at radius 3 is 2.61 bits per heavy atom. The number of benzene rings is 2. The molecule has 1 atom stereocenters. The van der Waals surface area contributed by atoms with E-state index in [0.717, 1.165) is 0 Å². The fourth-order valence-corrected chi connectivity index (χ4v) is 3.80. The highest BCUT2D eigenvalue weighted by atomic mass is 35.5. The van der Waals surface area contributed by atoms with Crippen molar-refractivity contribution >= 4 is 40.9 Å². The monoisotopic (exact) mass is 461 g/mol. The first kappa shape index (κ1) is 22.8. The Labute approximate surface area is 188 Å². The first-order valence-electron chi connectivity index (χ1n) is 9.55. The summed E-state index contributed by atoms with van der Waals surface area (Å²) in [6, 6.07) is 11.9. The van der Waals surface area contributed by atoms with Crippen molar-refractivity contribution in [2.75, 3.05) is 11.1 Å². The van der Waals surface area contributed by atoms with Crippen molar-refractivity contribution in [2.45, 2.75) is 31.6 Å². The van der Waals surface area contributed by atoms with Crippen LogP contribution in [0.25, 0.3) is 0 Å². The van der Waals surface area contributed by atoms with Crippen LogP contribution in [0.5, 0.6) is 0 Å². The molecular weight excluding hydrogens is 441 g/mol. The summed E-state index contributed by atoms with van der Waals surface area (Å²) in [6.07, 6.45) is 0. The molecule has 162 valence electrons. The average Bonchev–Trinajstić information content (AvgIpc) is 3.16. The number of halogens is 2. The lowest BCUT2D eigenvalue weighted by atomic mass is 10.2. The summed E-state index contributed by atoms with van der Waals surface area (Å²) in [4.78, 5) is 24.6. The highest BCUT2D eigenvalue weighted by Crippen LogP contribution is 2.21. The maximum Gasteiger partial charge on any atom is 0.251 e. The number of hydrogen-bond donors (Lipinski definition) is 2. The summed E-state index contributed by atoms with van der Waals surface area (Å²) in [7, 11) is 0. The van der Waals surface area contributed by atoms with Crippen LogP contribution >= 0.6 is 23.4 Å². The molecule has 2 aromatic carbocycles. The van der Waals surface area contributed by atoms with E-state index in [-0.39, 0.29) is 17.6 Å². The first-order chi connectivity index (χ1) is 14.9. The Morgan fingerprint density at radius 2 is 1.94 bits per heavy atom. The molecule has 1 heterocycles. The van der Waals surface area contributed by atoms with E-state index < -0.39 is 11.9 Å². The highest BCUT2D eigenvalue weighted by Gasteiger charge is 2.20. The highest BCUT2D eigenvalue weighted by molar-refractivity contribution is 7.99. The predicted octanol–water partition coefficient (Wildman–Crippen LogP) is 4.31. The van der Waals surface area contributed by atoms with Gasteiger partial charge in [-0.3, -0.25) is 9.59 Å². The van der Waals surface area contributed by atoms with Crippen molar-refractivity contribution in [3.8, 4) is 0 Å². The van der Waals surface area contributed by atoms with Gasteiger partial charge < -0.3 is 15.2 Å². The fourth-order valence-electron chi connectivity index (χ4n) is 2.86. The lowest BCUT2D eigenvalue weighted by molar-refractivity contribution is -0.113. The van der Waals surface area contributed by atoms with E-state index in [2.05, 4.69) is 20.8 Å². The molecule has 3 aromatic rings. The Bertz CT molecular complexity index is 1070. The Hall–Kier alpha value is -2.91. The van der Waals surface area contributed by atoms with Crippen LogP contribution in [0.3, 0.4) is 0 Å². The standard InChI is InChI=1S/C21H21ClFN5O2S/c1-3-28-19(13(2)24-20(30)14-7-9-15(22)10-8-14)26-27-21(28)31-12-18(29)25-17-6-4-5-16(23)11-17/h4-11,13H,3,12H2,1-2H3,(H,24,30)(H,25,29). The number of thioether (sulfide) groups is 1. The zero-order valence-corrected chi connectivity index (χ0v) is 18.5. The maximum absolute atomic E-state index is 13.2. The maximum atomic E-state index is 13.2. The molecule has 1 unspecified atom stereocenters. The normalized spacial score (nSPS) is 11.7. The van der Waals surface area contributed by atoms with Gasteiger partial charge in [0, 0.05) is 22.8 Å². The molecule has 3 rings (SSSR count). The van der Waals surface area contributed by atoms with Crippen LogP contribution in [0, 0.1) is 5.82 Å². The molecule has 0 bridgehead atoms. The Kier molecular flexibility index (Phi) is 7.64. The van der Waals surface area contributed by atoms with Crippen molar-refractivity contribution in [1.82, 2.24) is 20.1 Å². The van der Waals surface area contributed by atoms with E-state index in [1.807, 2.05) is 18.4 Å². The second-order valence-electron chi connectivity index (χ2n) is 6.63. The summed E-state index contributed by atoms with van der Waals surface area (Å²) in [5.74, 6) is -0.293. The van der Waals surface area contributed by atoms with Gasteiger partial charge in [-0.2, -0.15) is 0 Å². The molecule has 10 heteroatoms. The molecule has 0 spiro atoms. The van der Waals surface area contributed by atoms with Gasteiger partial charge in [0.1, 0.15) is 5.82 Å². The van der Waals surface area contributed by atoms with Crippen LogP contribution in [0.1, 0.15) is 36.1 Å². The van der Waals surface area contributed by atoms with E-state index >= 15 is 0 Å². The van der Waals surface area contributed by atoms with Gasteiger partial charge in [-0.05, 0) is 56.3 Å². The van der Waals surface area contributed by atoms with E-state index in [0.29, 0.717) is 33.8 Å². The molecule has 2 N–H and O–H groups in total. The molecule has 0 aliphatic heterocycles. The molecule has 31 heavy (non-hydrogen) atoms. The predicted molar refractivity (Wildman–Crippen MR) is 119 cm³/mol. The second kappa shape index (κ2) is 10.4. The Morgan fingerprint density at radius 1 is 1.19 bits per heavy atom. The summed E-state index contributed by atoms with van der Waals surface area (Å²) < 4.78 is 15.1. The number of carbonyl (C=O) groups excluding carboxylic acids is 2. The summed E-state index contributed by atoms with van der Waals surface area (Å²) >= 11 is 7.08. The minimum atomic E-state index is -0.421.